The average molecular weight is 245 g/mol. The maximum Gasteiger partial charge on any atom is 0.147 e. The molecule has 90 valence electrons. The Labute approximate surface area is 103 Å². The van der Waals surface area contributed by atoms with E-state index in [2.05, 4.69) is 10.3 Å². The van der Waals surface area contributed by atoms with Crippen LogP contribution in [0.25, 0.3) is 0 Å². The first-order valence-electron chi connectivity index (χ1n) is 5.19. The fourth-order valence-electron chi connectivity index (χ4n) is 1.45. The fourth-order valence-corrected chi connectivity index (χ4v) is 1.45. The number of pyridine rings is 1. The van der Waals surface area contributed by atoms with Crippen molar-refractivity contribution in [2.45, 2.75) is 6.92 Å². The minimum Gasteiger partial charge on any atom is -0.338 e. The number of hydrogen-bond acceptors (Lipinski definition) is 3. The van der Waals surface area contributed by atoms with Crippen LogP contribution in [0.3, 0.4) is 0 Å². The Bertz CT molecular complexity index is 633. The molecule has 2 rings (SSSR count). The molecule has 1 N–H and O–H groups in total. The van der Waals surface area contributed by atoms with Crippen LogP contribution in [0.1, 0.15) is 11.1 Å². The molecule has 0 unspecified atom stereocenters. The summed E-state index contributed by atoms with van der Waals surface area (Å²) in [7, 11) is 0. The quantitative estimate of drug-likeness (QED) is 0.883. The molecule has 1 heterocycles. The lowest BCUT2D eigenvalue weighted by atomic mass is 10.2. The summed E-state index contributed by atoms with van der Waals surface area (Å²) < 4.78 is 26.9. The number of aromatic nitrogens is 1. The van der Waals surface area contributed by atoms with E-state index in [1.807, 2.05) is 6.07 Å². The van der Waals surface area contributed by atoms with Crippen LogP contribution in [0.5, 0.6) is 0 Å². The van der Waals surface area contributed by atoms with Gasteiger partial charge in [0.05, 0.1) is 17.3 Å². The second-order valence-electron chi connectivity index (χ2n) is 3.75. The first-order valence-corrected chi connectivity index (χ1v) is 5.19. The van der Waals surface area contributed by atoms with Crippen molar-refractivity contribution in [2.75, 3.05) is 5.32 Å². The molecule has 0 bridgehead atoms. The molecular formula is C13H9F2N3. The van der Waals surface area contributed by atoms with Crippen molar-refractivity contribution in [2.24, 2.45) is 0 Å². The number of nitrogens with one attached hydrogen (secondary N) is 1. The van der Waals surface area contributed by atoms with Crippen LogP contribution >= 0.6 is 0 Å². The van der Waals surface area contributed by atoms with Gasteiger partial charge in [-0.15, -0.1) is 0 Å². The molecule has 0 fully saturated rings. The van der Waals surface area contributed by atoms with Crippen LogP contribution in [0, 0.1) is 29.9 Å². The molecule has 1 aromatic heterocycles. The normalized spacial score (nSPS) is 9.89. The van der Waals surface area contributed by atoms with Crippen molar-refractivity contribution >= 4 is 11.5 Å². The van der Waals surface area contributed by atoms with Gasteiger partial charge >= 0.3 is 0 Å². The highest BCUT2D eigenvalue weighted by Gasteiger charge is 2.08. The molecule has 0 saturated carbocycles. The highest BCUT2D eigenvalue weighted by atomic mass is 19.1. The van der Waals surface area contributed by atoms with Crippen LogP contribution in [-0.4, -0.2) is 4.98 Å². The van der Waals surface area contributed by atoms with Crippen LogP contribution in [-0.2, 0) is 0 Å². The first kappa shape index (κ1) is 12.0. The van der Waals surface area contributed by atoms with Gasteiger partial charge in [0, 0.05) is 12.3 Å². The highest BCUT2D eigenvalue weighted by molar-refractivity contribution is 5.58. The van der Waals surface area contributed by atoms with Crippen molar-refractivity contribution in [1.29, 1.82) is 5.26 Å². The lowest BCUT2D eigenvalue weighted by Crippen LogP contribution is -1.98. The van der Waals surface area contributed by atoms with Crippen LogP contribution in [0.4, 0.5) is 20.3 Å². The summed E-state index contributed by atoms with van der Waals surface area (Å²) in [5.74, 6) is -0.787. The fraction of sp³-hybridized carbons (Fsp3) is 0.0769. The molecule has 0 amide bonds. The van der Waals surface area contributed by atoms with Crippen molar-refractivity contribution in [3.8, 4) is 6.07 Å². The first-order chi connectivity index (χ1) is 8.60. The number of aryl methyl sites for hydroxylation is 1. The summed E-state index contributed by atoms with van der Waals surface area (Å²) in [5, 5.41) is 11.4. The average Bonchev–Trinajstić information content (AvgIpc) is 2.36. The summed E-state index contributed by atoms with van der Waals surface area (Å²) >= 11 is 0. The summed E-state index contributed by atoms with van der Waals surface area (Å²) in [6.45, 7) is 1.48. The molecule has 0 radical (unpaired) electrons. The monoisotopic (exact) mass is 245 g/mol. The lowest BCUT2D eigenvalue weighted by Gasteiger charge is -2.08. The zero-order valence-corrected chi connectivity index (χ0v) is 9.54. The van der Waals surface area contributed by atoms with Gasteiger partial charge in [0.25, 0.3) is 0 Å². The maximum atomic E-state index is 13.6. The third-order valence-electron chi connectivity index (χ3n) is 2.40. The molecule has 2 aromatic rings. The third kappa shape index (κ3) is 2.43. The topological polar surface area (TPSA) is 48.7 Å². The van der Waals surface area contributed by atoms with E-state index in [1.54, 1.807) is 0 Å². The van der Waals surface area contributed by atoms with Crippen LogP contribution < -0.4 is 5.32 Å². The molecule has 0 saturated heterocycles. The van der Waals surface area contributed by atoms with Gasteiger partial charge in [0.15, 0.2) is 0 Å². The lowest BCUT2D eigenvalue weighted by molar-refractivity contribution is 0.595. The van der Waals surface area contributed by atoms with Crippen LogP contribution in [0.2, 0.25) is 0 Å². The molecule has 3 nitrogen and oxygen atoms in total. The van der Waals surface area contributed by atoms with Gasteiger partial charge < -0.3 is 5.32 Å². The van der Waals surface area contributed by atoms with Gasteiger partial charge in [0.1, 0.15) is 17.5 Å². The summed E-state index contributed by atoms with van der Waals surface area (Å²) in [6.07, 6.45) is 1.42. The standard InChI is InChI=1S/C13H9F2N3/c1-8-4-11(15)12(6-10(8)14)18-13-5-9(7-16)2-3-17-13/h2-6H,1H3,(H,17,18). The Morgan fingerprint density at radius 2 is 2.00 bits per heavy atom. The number of hydrogen-bond donors (Lipinski definition) is 1. The molecule has 0 aliphatic rings. The molecule has 0 spiro atoms. The number of nitriles is 1. The number of halogens is 2. The van der Waals surface area contributed by atoms with Gasteiger partial charge in [-0.2, -0.15) is 5.26 Å². The van der Waals surface area contributed by atoms with Gasteiger partial charge in [-0.05, 0) is 30.7 Å². The van der Waals surface area contributed by atoms with Crippen molar-refractivity contribution in [1.82, 2.24) is 4.98 Å². The Hall–Kier alpha value is -2.48. The number of benzene rings is 1. The largest absolute Gasteiger partial charge is 0.338 e. The van der Waals surface area contributed by atoms with Crippen molar-refractivity contribution < 1.29 is 8.78 Å². The second kappa shape index (κ2) is 4.80. The van der Waals surface area contributed by atoms with E-state index in [0.29, 0.717) is 5.56 Å². The maximum absolute atomic E-state index is 13.6. The van der Waals surface area contributed by atoms with Gasteiger partial charge in [-0.1, -0.05) is 0 Å². The molecule has 0 aliphatic heterocycles. The van der Waals surface area contributed by atoms with E-state index in [0.717, 1.165) is 12.1 Å². The number of anilines is 2. The second-order valence-corrected chi connectivity index (χ2v) is 3.75. The van der Waals surface area contributed by atoms with Gasteiger partial charge in [-0.3, -0.25) is 0 Å². The summed E-state index contributed by atoms with van der Waals surface area (Å²) in [4.78, 5) is 3.92. The van der Waals surface area contributed by atoms with Crippen LogP contribution in [0.15, 0.2) is 30.5 Å². The Morgan fingerprint density at radius 1 is 1.22 bits per heavy atom. The molecule has 1 aromatic carbocycles. The third-order valence-corrected chi connectivity index (χ3v) is 2.40. The minimum atomic E-state index is -0.571. The summed E-state index contributed by atoms with van der Waals surface area (Å²) in [6, 6.07) is 7.08. The van der Waals surface area contributed by atoms with Crippen molar-refractivity contribution in [3.63, 3.8) is 0 Å². The Morgan fingerprint density at radius 3 is 2.72 bits per heavy atom. The van der Waals surface area contributed by atoms with E-state index < -0.39 is 11.6 Å². The molecule has 0 aliphatic carbocycles. The van der Waals surface area contributed by atoms with E-state index >= 15 is 0 Å². The molecule has 0 atom stereocenters. The highest BCUT2D eigenvalue weighted by Crippen LogP contribution is 2.22. The predicted octanol–water partition coefficient (Wildman–Crippen LogP) is 3.28. The Balaban J connectivity index is 2.34. The zero-order valence-electron chi connectivity index (χ0n) is 9.54. The smallest absolute Gasteiger partial charge is 0.147 e. The van der Waals surface area contributed by atoms with E-state index in [4.69, 9.17) is 5.26 Å². The van der Waals surface area contributed by atoms with E-state index in [-0.39, 0.29) is 17.1 Å². The van der Waals surface area contributed by atoms with E-state index in [9.17, 15) is 8.78 Å². The summed E-state index contributed by atoms with van der Waals surface area (Å²) in [5.41, 5.74) is 0.609. The SMILES string of the molecule is Cc1cc(F)c(Nc2cc(C#N)ccn2)cc1F. The van der Waals surface area contributed by atoms with Gasteiger partial charge in [-0.25, -0.2) is 13.8 Å². The Kier molecular flexibility index (Phi) is 3.20. The number of rotatable bonds is 2. The molecule has 5 heteroatoms. The molecular weight excluding hydrogens is 236 g/mol. The van der Waals surface area contributed by atoms with Gasteiger partial charge in [0.2, 0.25) is 0 Å². The number of nitrogens with zero attached hydrogens (tertiary/aromatic N) is 2. The minimum absolute atomic E-state index is 0.0133. The molecule has 18 heavy (non-hydrogen) atoms. The van der Waals surface area contributed by atoms with Crippen molar-refractivity contribution in [3.05, 3.63) is 53.2 Å². The zero-order chi connectivity index (χ0) is 13.1. The predicted molar refractivity (Wildman–Crippen MR) is 63.3 cm³/mol. The van der Waals surface area contributed by atoms with E-state index in [1.165, 1.54) is 25.3 Å².